The maximum absolute atomic E-state index is 13.2. The quantitative estimate of drug-likeness (QED) is 0.920. The van der Waals surface area contributed by atoms with Crippen molar-refractivity contribution in [2.75, 3.05) is 13.6 Å². The van der Waals surface area contributed by atoms with Gasteiger partial charge in [0, 0.05) is 20.1 Å². The number of nitrogens with zero attached hydrogens (tertiary/aromatic N) is 1. The van der Waals surface area contributed by atoms with E-state index in [9.17, 15) is 9.18 Å². The molecule has 1 saturated carbocycles. The zero-order valence-electron chi connectivity index (χ0n) is 12.1. The first-order valence-corrected chi connectivity index (χ1v) is 7.27. The van der Waals surface area contributed by atoms with Crippen LogP contribution in [0.5, 0.6) is 0 Å². The summed E-state index contributed by atoms with van der Waals surface area (Å²) in [6.45, 7) is 0.831. The van der Waals surface area contributed by atoms with Crippen molar-refractivity contribution in [2.45, 2.75) is 38.6 Å². The number of nitrogens with two attached hydrogens (primary N) is 1. The van der Waals surface area contributed by atoms with E-state index in [-0.39, 0.29) is 11.7 Å². The molecule has 1 aliphatic carbocycles. The molecule has 0 aliphatic heterocycles. The second-order valence-corrected chi connectivity index (χ2v) is 5.84. The Labute approximate surface area is 120 Å². The highest BCUT2D eigenvalue weighted by Crippen LogP contribution is 2.37. The molecule has 0 heterocycles. The Hall–Kier alpha value is -1.42. The van der Waals surface area contributed by atoms with E-state index in [0.717, 1.165) is 31.2 Å². The molecule has 0 saturated heterocycles. The molecule has 1 fully saturated rings. The van der Waals surface area contributed by atoms with Crippen LogP contribution in [0.2, 0.25) is 0 Å². The van der Waals surface area contributed by atoms with E-state index in [2.05, 4.69) is 0 Å². The van der Waals surface area contributed by atoms with Gasteiger partial charge in [-0.25, -0.2) is 4.39 Å². The normalized spacial score (nSPS) is 17.8. The SMILES string of the molecule is CN(Cc1cccc(F)c1)C(=O)C1(CN)CCCCC1. The number of benzene rings is 1. The van der Waals surface area contributed by atoms with Crippen molar-refractivity contribution >= 4 is 5.91 Å². The van der Waals surface area contributed by atoms with Gasteiger partial charge in [-0.3, -0.25) is 4.79 Å². The van der Waals surface area contributed by atoms with Crippen LogP contribution in [0, 0.1) is 11.2 Å². The predicted octanol–water partition coefficient (Wildman–Crippen LogP) is 2.69. The van der Waals surface area contributed by atoms with Crippen molar-refractivity contribution in [2.24, 2.45) is 11.1 Å². The molecule has 4 heteroatoms. The van der Waals surface area contributed by atoms with Gasteiger partial charge in [-0.15, -0.1) is 0 Å². The van der Waals surface area contributed by atoms with Crippen molar-refractivity contribution < 1.29 is 9.18 Å². The molecule has 1 aliphatic rings. The van der Waals surface area contributed by atoms with Gasteiger partial charge in [0.2, 0.25) is 5.91 Å². The van der Waals surface area contributed by atoms with Crippen LogP contribution in [0.25, 0.3) is 0 Å². The summed E-state index contributed by atoms with van der Waals surface area (Å²) in [5.74, 6) is -0.168. The Bertz CT molecular complexity index is 469. The number of rotatable bonds is 4. The van der Waals surface area contributed by atoms with Crippen LogP contribution >= 0.6 is 0 Å². The molecule has 0 atom stereocenters. The van der Waals surface area contributed by atoms with Crippen molar-refractivity contribution in [1.82, 2.24) is 4.90 Å². The van der Waals surface area contributed by atoms with Crippen molar-refractivity contribution in [3.63, 3.8) is 0 Å². The summed E-state index contributed by atoms with van der Waals surface area (Å²) in [6.07, 6.45) is 5.06. The first kappa shape index (κ1) is 15.0. The summed E-state index contributed by atoms with van der Waals surface area (Å²) >= 11 is 0. The Morgan fingerprint density at radius 3 is 2.65 bits per heavy atom. The van der Waals surface area contributed by atoms with Crippen LogP contribution in [0.1, 0.15) is 37.7 Å². The highest BCUT2D eigenvalue weighted by atomic mass is 19.1. The average Bonchev–Trinajstić information content (AvgIpc) is 2.47. The van der Waals surface area contributed by atoms with Gasteiger partial charge in [-0.2, -0.15) is 0 Å². The Morgan fingerprint density at radius 1 is 1.35 bits per heavy atom. The van der Waals surface area contributed by atoms with E-state index in [1.165, 1.54) is 18.6 Å². The van der Waals surface area contributed by atoms with Crippen molar-refractivity contribution in [3.05, 3.63) is 35.6 Å². The predicted molar refractivity (Wildman–Crippen MR) is 77.4 cm³/mol. The van der Waals surface area contributed by atoms with Crippen LogP contribution in [0.4, 0.5) is 4.39 Å². The lowest BCUT2D eigenvalue weighted by Crippen LogP contribution is -2.47. The maximum atomic E-state index is 13.2. The molecule has 0 aromatic heterocycles. The zero-order chi connectivity index (χ0) is 14.6. The zero-order valence-corrected chi connectivity index (χ0v) is 12.1. The second kappa shape index (κ2) is 6.35. The minimum absolute atomic E-state index is 0.101. The third kappa shape index (κ3) is 3.18. The molecule has 0 radical (unpaired) electrons. The molecule has 0 unspecified atom stereocenters. The Balaban J connectivity index is 2.07. The Morgan fingerprint density at radius 2 is 2.05 bits per heavy atom. The van der Waals surface area contributed by atoms with Crippen LogP contribution in [0.3, 0.4) is 0 Å². The summed E-state index contributed by atoms with van der Waals surface area (Å²) in [6, 6.07) is 6.39. The molecule has 2 N–H and O–H groups in total. The highest BCUT2D eigenvalue weighted by molar-refractivity contribution is 5.82. The van der Waals surface area contributed by atoms with Gasteiger partial charge in [-0.1, -0.05) is 31.4 Å². The number of halogens is 1. The van der Waals surface area contributed by atoms with Crippen LogP contribution in [-0.2, 0) is 11.3 Å². The number of amides is 1. The molecule has 110 valence electrons. The van der Waals surface area contributed by atoms with E-state index >= 15 is 0 Å². The van der Waals surface area contributed by atoms with Crippen LogP contribution in [0.15, 0.2) is 24.3 Å². The fourth-order valence-electron chi connectivity index (χ4n) is 3.12. The van der Waals surface area contributed by atoms with Gasteiger partial charge in [0.25, 0.3) is 0 Å². The summed E-state index contributed by atoms with van der Waals surface area (Å²) in [4.78, 5) is 14.4. The number of carbonyl (C=O) groups excluding carboxylic acids is 1. The largest absolute Gasteiger partial charge is 0.341 e. The number of hydrogen-bond acceptors (Lipinski definition) is 2. The molecule has 1 amide bonds. The number of hydrogen-bond donors (Lipinski definition) is 1. The molecular weight excluding hydrogens is 255 g/mol. The summed E-state index contributed by atoms with van der Waals surface area (Å²) < 4.78 is 13.2. The minimum atomic E-state index is -0.402. The molecule has 1 aromatic rings. The monoisotopic (exact) mass is 278 g/mol. The Kier molecular flexibility index (Phi) is 4.76. The second-order valence-electron chi connectivity index (χ2n) is 5.84. The third-order valence-corrected chi connectivity index (χ3v) is 4.31. The van der Waals surface area contributed by atoms with E-state index in [0.29, 0.717) is 13.1 Å². The summed E-state index contributed by atoms with van der Waals surface area (Å²) in [5.41, 5.74) is 6.29. The maximum Gasteiger partial charge on any atom is 0.230 e. The topological polar surface area (TPSA) is 46.3 Å². The third-order valence-electron chi connectivity index (χ3n) is 4.31. The van der Waals surface area contributed by atoms with Crippen molar-refractivity contribution in [1.29, 1.82) is 0 Å². The van der Waals surface area contributed by atoms with E-state index < -0.39 is 5.41 Å². The molecule has 1 aromatic carbocycles. The fraction of sp³-hybridized carbons (Fsp3) is 0.562. The van der Waals surface area contributed by atoms with E-state index in [1.54, 1.807) is 18.0 Å². The highest BCUT2D eigenvalue weighted by Gasteiger charge is 2.39. The lowest BCUT2D eigenvalue weighted by Gasteiger charge is -2.37. The van der Waals surface area contributed by atoms with Gasteiger partial charge in [-0.05, 0) is 30.5 Å². The molecular formula is C16H23FN2O. The van der Waals surface area contributed by atoms with Gasteiger partial charge in [0.05, 0.1) is 5.41 Å². The van der Waals surface area contributed by atoms with Gasteiger partial charge in [0.15, 0.2) is 0 Å². The standard InChI is InChI=1S/C16H23FN2O/c1-19(11-13-6-5-7-14(17)10-13)15(20)16(12-18)8-3-2-4-9-16/h5-7,10H,2-4,8-9,11-12,18H2,1H3. The van der Waals surface area contributed by atoms with Gasteiger partial charge < -0.3 is 10.6 Å². The molecule has 0 bridgehead atoms. The first-order chi connectivity index (χ1) is 9.57. The lowest BCUT2D eigenvalue weighted by molar-refractivity contribution is -0.142. The minimum Gasteiger partial charge on any atom is -0.341 e. The van der Waals surface area contributed by atoms with Crippen LogP contribution < -0.4 is 5.73 Å². The first-order valence-electron chi connectivity index (χ1n) is 7.27. The lowest BCUT2D eigenvalue weighted by atomic mass is 9.73. The van der Waals surface area contributed by atoms with Gasteiger partial charge >= 0.3 is 0 Å². The molecule has 3 nitrogen and oxygen atoms in total. The summed E-state index contributed by atoms with van der Waals surface area (Å²) in [7, 11) is 1.78. The number of carbonyl (C=O) groups is 1. The van der Waals surface area contributed by atoms with Gasteiger partial charge in [0.1, 0.15) is 5.82 Å². The molecule has 0 spiro atoms. The average molecular weight is 278 g/mol. The summed E-state index contributed by atoms with van der Waals surface area (Å²) in [5, 5.41) is 0. The van der Waals surface area contributed by atoms with E-state index in [1.807, 2.05) is 6.07 Å². The fourth-order valence-corrected chi connectivity index (χ4v) is 3.12. The smallest absolute Gasteiger partial charge is 0.230 e. The molecule has 2 rings (SSSR count). The van der Waals surface area contributed by atoms with Crippen LogP contribution in [-0.4, -0.2) is 24.4 Å². The molecule has 20 heavy (non-hydrogen) atoms. The van der Waals surface area contributed by atoms with Crippen molar-refractivity contribution in [3.8, 4) is 0 Å². The van der Waals surface area contributed by atoms with E-state index in [4.69, 9.17) is 5.73 Å².